The Bertz CT molecular complexity index is 907. The molecule has 4 rings (SSSR count). The molecule has 1 aliphatic heterocycles. The number of rotatable bonds is 3. The molecule has 2 aromatic carbocycles. The van der Waals surface area contributed by atoms with Gasteiger partial charge in [0.1, 0.15) is 0 Å². The monoisotopic (exact) mass is 525 g/mol. The molecule has 3 aromatic rings. The van der Waals surface area contributed by atoms with Crippen molar-refractivity contribution in [1.29, 1.82) is 0 Å². The summed E-state index contributed by atoms with van der Waals surface area (Å²) in [6, 6.07) is 16.3. The van der Waals surface area contributed by atoms with E-state index in [0.29, 0.717) is 5.92 Å². The summed E-state index contributed by atoms with van der Waals surface area (Å²) in [5.74, 6) is 0.558. The summed E-state index contributed by atoms with van der Waals surface area (Å²) in [5.41, 5.74) is 5.27. The van der Waals surface area contributed by atoms with Gasteiger partial charge in [0.05, 0.1) is 0 Å². The molecule has 2 heterocycles. The second-order valence-corrected chi connectivity index (χ2v) is 17.2. The molecule has 0 aliphatic carbocycles. The molecule has 2 heteroatoms. The van der Waals surface area contributed by atoms with Crippen LogP contribution in [0.1, 0.15) is 43.7 Å². The van der Waals surface area contributed by atoms with Crippen molar-refractivity contribution in [2.75, 3.05) is 0 Å². The van der Waals surface area contributed by atoms with Crippen LogP contribution in [0.3, 0.4) is 0 Å². The summed E-state index contributed by atoms with van der Waals surface area (Å²) in [6.45, 7) is 6.75. The van der Waals surface area contributed by atoms with E-state index in [1.54, 1.807) is 11.5 Å². The Morgan fingerprint density at radius 1 is 0.960 bits per heavy atom. The second kappa shape index (κ2) is 7.16. The molecule has 0 bridgehead atoms. The zero-order valence-corrected chi connectivity index (χ0v) is 18.9. The van der Waals surface area contributed by atoms with Crippen molar-refractivity contribution in [3.63, 3.8) is 0 Å². The van der Waals surface area contributed by atoms with Gasteiger partial charge in [-0.15, -0.1) is 0 Å². The molecular weight excluding hydrogens is 499 g/mol. The van der Waals surface area contributed by atoms with Gasteiger partial charge in [0, 0.05) is 0 Å². The SMILES string of the molecule is Cc1cc(-c2nccc3cc(C(C)C)ccc23)c[c]([Bi]2[CH2]CC[CH2]2)c1. The van der Waals surface area contributed by atoms with Crippen LogP contribution in [0.15, 0.2) is 48.7 Å². The third-order valence-corrected chi connectivity index (χ3v) is 15.8. The number of nitrogens with zero attached hydrogens (tertiary/aromatic N) is 1. The number of aryl methyl sites for hydroxylation is 1. The molecule has 0 radical (unpaired) electrons. The van der Waals surface area contributed by atoms with Crippen molar-refractivity contribution < 1.29 is 0 Å². The van der Waals surface area contributed by atoms with Crippen molar-refractivity contribution in [3.8, 4) is 11.3 Å². The summed E-state index contributed by atoms with van der Waals surface area (Å²) in [7, 11) is 0. The zero-order chi connectivity index (χ0) is 17.4. The summed E-state index contributed by atoms with van der Waals surface area (Å²) in [5, 5.41) is 2.59. The van der Waals surface area contributed by atoms with E-state index >= 15 is 0 Å². The number of fused-ring (bicyclic) bond motifs is 1. The average Bonchev–Trinajstić information content (AvgIpc) is 3.15. The number of benzene rings is 2. The van der Waals surface area contributed by atoms with E-state index in [1.165, 1.54) is 40.3 Å². The molecule has 0 unspecified atom stereocenters. The molecule has 1 fully saturated rings. The molecule has 25 heavy (non-hydrogen) atoms. The van der Waals surface area contributed by atoms with Crippen molar-refractivity contribution in [2.24, 2.45) is 0 Å². The maximum absolute atomic E-state index is 4.78. The van der Waals surface area contributed by atoms with Gasteiger partial charge >= 0.3 is 160 Å². The first-order chi connectivity index (χ1) is 12.1. The zero-order valence-electron chi connectivity index (χ0n) is 15.4. The van der Waals surface area contributed by atoms with Gasteiger partial charge in [0.15, 0.2) is 0 Å². The third kappa shape index (κ3) is 3.51. The molecule has 1 saturated heterocycles. The molecular formula is C23H26BiN. The molecule has 0 spiro atoms. The Balaban J connectivity index is 1.84. The molecule has 0 N–H and O–H groups in total. The van der Waals surface area contributed by atoms with Gasteiger partial charge in [-0.25, -0.2) is 0 Å². The van der Waals surface area contributed by atoms with Gasteiger partial charge in [0.25, 0.3) is 0 Å². The Kier molecular flexibility index (Phi) is 4.91. The second-order valence-electron chi connectivity index (χ2n) is 7.55. The number of hydrogen-bond acceptors (Lipinski definition) is 1. The van der Waals surface area contributed by atoms with Crippen LogP contribution in [0.25, 0.3) is 22.0 Å². The first-order valence-corrected chi connectivity index (χ1v) is 16.0. The predicted octanol–water partition coefficient (Wildman–Crippen LogP) is 5.83. The van der Waals surface area contributed by atoms with Crippen LogP contribution in [0, 0.1) is 6.92 Å². The molecule has 1 nitrogen and oxygen atoms in total. The Morgan fingerprint density at radius 2 is 1.76 bits per heavy atom. The van der Waals surface area contributed by atoms with Crippen LogP contribution in [0.4, 0.5) is 0 Å². The van der Waals surface area contributed by atoms with E-state index in [4.69, 9.17) is 4.98 Å². The maximum atomic E-state index is 4.78. The van der Waals surface area contributed by atoms with E-state index in [9.17, 15) is 0 Å². The summed E-state index contributed by atoms with van der Waals surface area (Å²) in [6.07, 6.45) is 4.90. The Labute approximate surface area is 159 Å². The average molecular weight is 525 g/mol. The summed E-state index contributed by atoms with van der Waals surface area (Å²) >= 11 is -1.42. The van der Waals surface area contributed by atoms with E-state index in [0.717, 1.165) is 5.69 Å². The summed E-state index contributed by atoms with van der Waals surface area (Å²) < 4.78 is 4.79. The standard InChI is InChI=1S/C19H18N.C4H8.Bi/c1-13(2)15-7-8-18-16(12-15)9-10-20-19(18)17-6-4-5-14(3)11-17;1-3-4-2;/h5-13H,1-3H3;1-4H2;. The van der Waals surface area contributed by atoms with Crippen molar-refractivity contribution in [3.05, 3.63) is 59.8 Å². The quantitative estimate of drug-likeness (QED) is 0.393. The van der Waals surface area contributed by atoms with Crippen molar-refractivity contribution in [2.45, 2.75) is 47.8 Å². The normalized spacial score (nSPS) is 15.4. The van der Waals surface area contributed by atoms with Crippen LogP contribution < -0.4 is 3.27 Å². The van der Waals surface area contributed by atoms with Crippen molar-refractivity contribution in [1.82, 2.24) is 4.98 Å². The number of aromatic nitrogens is 1. The third-order valence-electron chi connectivity index (χ3n) is 5.26. The molecule has 128 valence electrons. The predicted molar refractivity (Wildman–Crippen MR) is 110 cm³/mol. The van der Waals surface area contributed by atoms with Gasteiger partial charge in [0.2, 0.25) is 0 Å². The first-order valence-electron chi connectivity index (χ1n) is 9.37. The minimum absolute atomic E-state index is 0.558. The minimum atomic E-state index is -1.42. The van der Waals surface area contributed by atoms with E-state index < -0.39 is 21.8 Å². The van der Waals surface area contributed by atoms with Gasteiger partial charge in [-0.2, -0.15) is 0 Å². The molecule has 0 atom stereocenters. The van der Waals surface area contributed by atoms with E-state index in [1.807, 2.05) is 6.20 Å². The van der Waals surface area contributed by atoms with E-state index in [-0.39, 0.29) is 0 Å². The van der Waals surface area contributed by atoms with Crippen LogP contribution in [0.2, 0.25) is 8.26 Å². The Hall–Kier alpha value is -1.27. The van der Waals surface area contributed by atoms with Crippen LogP contribution >= 0.6 is 0 Å². The van der Waals surface area contributed by atoms with Crippen LogP contribution in [-0.4, -0.2) is 26.7 Å². The van der Waals surface area contributed by atoms with Gasteiger partial charge < -0.3 is 0 Å². The fourth-order valence-electron chi connectivity index (χ4n) is 3.84. The topological polar surface area (TPSA) is 12.9 Å². The molecule has 1 aromatic heterocycles. The van der Waals surface area contributed by atoms with Gasteiger partial charge in [-0.1, -0.05) is 0 Å². The fourth-order valence-corrected chi connectivity index (χ4v) is 14.2. The van der Waals surface area contributed by atoms with Gasteiger partial charge in [-0.3, -0.25) is 0 Å². The van der Waals surface area contributed by atoms with Crippen molar-refractivity contribution >= 4 is 35.8 Å². The first kappa shape index (κ1) is 17.2. The van der Waals surface area contributed by atoms with Crippen LogP contribution in [0.5, 0.6) is 0 Å². The summed E-state index contributed by atoms with van der Waals surface area (Å²) in [4.78, 5) is 4.78. The molecule has 1 aliphatic rings. The molecule has 0 amide bonds. The number of pyridine rings is 1. The van der Waals surface area contributed by atoms with Crippen LogP contribution in [-0.2, 0) is 0 Å². The fraction of sp³-hybridized carbons (Fsp3) is 0.348. The Morgan fingerprint density at radius 3 is 2.52 bits per heavy atom. The van der Waals surface area contributed by atoms with E-state index in [2.05, 4.69) is 63.2 Å². The molecule has 0 saturated carbocycles. The van der Waals surface area contributed by atoms with Gasteiger partial charge in [-0.05, 0) is 0 Å². The number of hydrogen-bond donors (Lipinski definition) is 0.